The average Bonchev–Trinajstić information content (AvgIpc) is 2.89. The number of hydrogen-bond acceptors (Lipinski definition) is 4. The number of carbonyl (C=O) groups is 1. The van der Waals surface area contributed by atoms with Crippen molar-refractivity contribution in [3.63, 3.8) is 0 Å². The smallest absolute Gasteiger partial charge is 0.273 e. The van der Waals surface area contributed by atoms with Crippen LogP contribution in [0.1, 0.15) is 21.1 Å². The van der Waals surface area contributed by atoms with E-state index in [0.717, 1.165) is 0 Å². The van der Waals surface area contributed by atoms with Gasteiger partial charge in [0.25, 0.3) is 5.91 Å². The fraction of sp³-hybridized carbons (Fsp3) is 0.231. The molecule has 1 amide bonds. The molecule has 0 aliphatic heterocycles. The van der Waals surface area contributed by atoms with Gasteiger partial charge in [-0.3, -0.25) is 4.79 Å². The number of halogens is 1. The fourth-order valence-corrected chi connectivity index (χ4v) is 2.30. The zero-order valence-electron chi connectivity index (χ0n) is 10.5. The molecule has 0 aliphatic carbocycles. The van der Waals surface area contributed by atoms with Crippen LogP contribution in [0.25, 0.3) is 0 Å². The van der Waals surface area contributed by atoms with Gasteiger partial charge in [0.05, 0.1) is 0 Å². The van der Waals surface area contributed by atoms with Gasteiger partial charge in [0.2, 0.25) is 0 Å². The third kappa shape index (κ3) is 3.15. The average molecular weight is 279 g/mol. The summed E-state index contributed by atoms with van der Waals surface area (Å²) in [5.41, 5.74) is 6.29. The minimum Gasteiger partial charge on any atom is -0.336 e. The summed E-state index contributed by atoms with van der Waals surface area (Å²) in [6.07, 6.45) is 0. The van der Waals surface area contributed by atoms with Gasteiger partial charge in [0.15, 0.2) is 0 Å². The van der Waals surface area contributed by atoms with Crippen molar-refractivity contribution in [2.75, 3.05) is 7.05 Å². The molecule has 0 fully saturated rings. The number of thiazole rings is 1. The minimum absolute atomic E-state index is 0.209. The zero-order chi connectivity index (χ0) is 13.8. The van der Waals surface area contributed by atoms with Gasteiger partial charge in [0, 0.05) is 31.1 Å². The summed E-state index contributed by atoms with van der Waals surface area (Å²) >= 11 is 1.35. The number of nitrogens with zero attached hydrogens (tertiary/aromatic N) is 2. The van der Waals surface area contributed by atoms with Gasteiger partial charge in [-0.25, -0.2) is 9.37 Å². The summed E-state index contributed by atoms with van der Waals surface area (Å²) in [5.74, 6) is -0.553. The lowest BCUT2D eigenvalue weighted by Crippen LogP contribution is -2.27. The first-order chi connectivity index (χ1) is 9.11. The normalized spacial score (nSPS) is 10.5. The predicted octanol–water partition coefficient (Wildman–Crippen LogP) is 2.01. The molecule has 4 nitrogen and oxygen atoms in total. The number of aromatic nitrogens is 1. The molecule has 0 saturated carbocycles. The maximum Gasteiger partial charge on any atom is 0.273 e. The lowest BCUT2D eigenvalue weighted by molar-refractivity contribution is 0.0778. The molecule has 2 rings (SSSR count). The van der Waals surface area contributed by atoms with Crippen molar-refractivity contribution in [1.29, 1.82) is 0 Å². The molecular weight excluding hydrogens is 265 g/mol. The van der Waals surface area contributed by atoms with Gasteiger partial charge in [-0.1, -0.05) is 18.2 Å². The molecule has 0 bridgehead atoms. The Hall–Kier alpha value is -1.79. The number of carbonyl (C=O) groups excluding carboxylic acids is 1. The summed E-state index contributed by atoms with van der Waals surface area (Å²) in [6.45, 7) is 0.524. The lowest BCUT2D eigenvalue weighted by Gasteiger charge is -2.16. The summed E-state index contributed by atoms with van der Waals surface area (Å²) < 4.78 is 13.5. The van der Waals surface area contributed by atoms with Crippen LogP contribution >= 0.6 is 11.3 Å². The van der Waals surface area contributed by atoms with E-state index < -0.39 is 0 Å². The summed E-state index contributed by atoms with van der Waals surface area (Å²) in [5, 5.41) is 2.38. The Morgan fingerprint density at radius 1 is 1.47 bits per heavy atom. The molecule has 0 spiro atoms. The van der Waals surface area contributed by atoms with E-state index in [0.29, 0.717) is 22.8 Å². The molecule has 100 valence electrons. The van der Waals surface area contributed by atoms with E-state index in [9.17, 15) is 9.18 Å². The van der Waals surface area contributed by atoms with Crippen LogP contribution in [0.4, 0.5) is 4.39 Å². The van der Waals surface area contributed by atoms with Gasteiger partial charge < -0.3 is 10.6 Å². The molecule has 19 heavy (non-hydrogen) atoms. The molecular formula is C13H14FN3OS. The van der Waals surface area contributed by atoms with Crippen LogP contribution in [0.2, 0.25) is 0 Å². The topological polar surface area (TPSA) is 59.2 Å². The molecule has 1 aromatic heterocycles. The molecule has 1 aromatic carbocycles. The fourth-order valence-electron chi connectivity index (χ4n) is 1.65. The summed E-state index contributed by atoms with van der Waals surface area (Å²) in [6, 6.07) is 6.40. The second kappa shape index (κ2) is 5.90. The van der Waals surface area contributed by atoms with E-state index in [1.54, 1.807) is 30.6 Å². The lowest BCUT2D eigenvalue weighted by atomic mass is 10.2. The van der Waals surface area contributed by atoms with Gasteiger partial charge in [-0.05, 0) is 6.07 Å². The molecule has 1 heterocycles. The maximum absolute atomic E-state index is 13.5. The quantitative estimate of drug-likeness (QED) is 0.931. The van der Waals surface area contributed by atoms with Crippen molar-refractivity contribution in [2.24, 2.45) is 5.73 Å². The van der Waals surface area contributed by atoms with Crippen LogP contribution in [-0.4, -0.2) is 22.8 Å². The van der Waals surface area contributed by atoms with Crippen molar-refractivity contribution in [2.45, 2.75) is 13.1 Å². The van der Waals surface area contributed by atoms with Crippen molar-refractivity contribution in [3.05, 3.63) is 51.7 Å². The second-order valence-electron chi connectivity index (χ2n) is 4.08. The number of amides is 1. The van der Waals surface area contributed by atoms with E-state index in [1.165, 1.54) is 22.3 Å². The van der Waals surface area contributed by atoms with Gasteiger partial charge in [0.1, 0.15) is 16.5 Å². The Kier molecular flexibility index (Phi) is 4.24. The molecule has 0 saturated heterocycles. The highest BCUT2D eigenvalue weighted by Crippen LogP contribution is 2.14. The molecule has 2 aromatic rings. The Morgan fingerprint density at radius 3 is 2.84 bits per heavy atom. The van der Waals surface area contributed by atoms with Crippen LogP contribution in [0, 0.1) is 5.82 Å². The van der Waals surface area contributed by atoms with E-state index in [2.05, 4.69) is 4.98 Å². The molecule has 0 unspecified atom stereocenters. The first kappa shape index (κ1) is 13.6. The van der Waals surface area contributed by atoms with Gasteiger partial charge in [-0.15, -0.1) is 11.3 Å². The summed E-state index contributed by atoms with van der Waals surface area (Å²) in [4.78, 5) is 17.7. The third-order valence-corrected chi connectivity index (χ3v) is 3.53. The SMILES string of the molecule is CN(Cc1ccccc1F)C(=O)c1csc(CN)n1. The van der Waals surface area contributed by atoms with Crippen LogP contribution < -0.4 is 5.73 Å². The first-order valence-corrected chi connectivity index (χ1v) is 6.63. The van der Waals surface area contributed by atoms with E-state index in [-0.39, 0.29) is 18.3 Å². The van der Waals surface area contributed by atoms with Crippen LogP contribution in [0.15, 0.2) is 29.6 Å². The highest BCUT2D eigenvalue weighted by Gasteiger charge is 2.16. The van der Waals surface area contributed by atoms with Gasteiger partial charge in [-0.2, -0.15) is 0 Å². The number of nitrogens with two attached hydrogens (primary N) is 1. The van der Waals surface area contributed by atoms with Crippen molar-refractivity contribution < 1.29 is 9.18 Å². The highest BCUT2D eigenvalue weighted by atomic mass is 32.1. The standard InChI is InChI=1S/C13H14FN3OS/c1-17(7-9-4-2-3-5-10(9)14)13(18)11-8-19-12(6-15)16-11/h2-5,8H,6-7,15H2,1H3. The number of benzene rings is 1. The van der Waals surface area contributed by atoms with Crippen LogP contribution in [0.5, 0.6) is 0 Å². The zero-order valence-corrected chi connectivity index (χ0v) is 11.3. The van der Waals surface area contributed by atoms with Crippen molar-refractivity contribution >= 4 is 17.2 Å². The van der Waals surface area contributed by atoms with E-state index in [1.807, 2.05) is 0 Å². The highest BCUT2D eigenvalue weighted by molar-refractivity contribution is 7.09. The Morgan fingerprint density at radius 2 is 2.21 bits per heavy atom. The largest absolute Gasteiger partial charge is 0.336 e. The molecule has 0 radical (unpaired) electrons. The van der Waals surface area contributed by atoms with Crippen LogP contribution in [-0.2, 0) is 13.1 Å². The van der Waals surface area contributed by atoms with Crippen LogP contribution in [0.3, 0.4) is 0 Å². The number of rotatable bonds is 4. The number of hydrogen-bond donors (Lipinski definition) is 1. The van der Waals surface area contributed by atoms with E-state index in [4.69, 9.17) is 5.73 Å². The molecule has 2 N–H and O–H groups in total. The second-order valence-corrected chi connectivity index (χ2v) is 5.03. The monoisotopic (exact) mass is 279 g/mol. The third-order valence-electron chi connectivity index (χ3n) is 2.66. The molecule has 0 atom stereocenters. The molecule has 6 heteroatoms. The Balaban J connectivity index is 2.09. The minimum atomic E-state index is -0.317. The van der Waals surface area contributed by atoms with Crippen molar-refractivity contribution in [3.8, 4) is 0 Å². The van der Waals surface area contributed by atoms with Crippen molar-refractivity contribution in [1.82, 2.24) is 9.88 Å². The predicted molar refractivity (Wildman–Crippen MR) is 72.2 cm³/mol. The first-order valence-electron chi connectivity index (χ1n) is 5.75. The Labute approximate surface area is 114 Å². The van der Waals surface area contributed by atoms with E-state index >= 15 is 0 Å². The van der Waals surface area contributed by atoms with Gasteiger partial charge >= 0.3 is 0 Å². The maximum atomic E-state index is 13.5. The Bertz CT molecular complexity index is 585. The summed E-state index contributed by atoms with van der Waals surface area (Å²) in [7, 11) is 1.62. The molecule has 0 aliphatic rings.